The van der Waals surface area contributed by atoms with E-state index in [4.69, 9.17) is 15.6 Å². The molecule has 1 atom stereocenters. The third kappa shape index (κ3) is 8.10. The molecule has 1 rings (SSSR count). The molecule has 4 N–H and O–H groups in total. The molecule has 0 aliphatic rings. The maximum absolute atomic E-state index is 12.6. The molecule has 15 heteroatoms. The van der Waals surface area contributed by atoms with E-state index < -0.39 is 57.4 Å². The summed E-state index contributed by atoms with van der Waals surface area (Å²) in [5.74, 6) is -3.69. The number of esters is 1. The summed E-state index contributed by atoms with van der Waals surface area (Å²) < 4.78 is 99.6. The Morgan fingerprint density at radius 2 is 1.71 bits per heavy atom. The summed E-state index contributed by atoms with van der Waals surface area (Å²) in [5.41, 5.74) is 4.11. The fourth-order valence-electron chi connectivity index (χ4n) is 1.43. The van der Waals surface area contributed by atoms with E-state index in [9.17, 15) is 39.6 Å². The van der Waals surface area contributed by atoms with E-state index in [1.165, 1.54) is 0 Å². The minimum absolute atomic E-state index is 0.398. The van der Waals surface area contributed by atoms with Gasteiger partial charge in [0.1, 0.15) is 6.04 Å². The normalized spacial score (nSPS) is 13.1. The summed E-state index contributed by atoms with van der Waals surface area (Å²) in [6.07, 6.45) is -9.76. The number of benzene rings is 1. The molecule has 0 radical (unpaired) electrons. The van der Waals surface area contributed by atoms with Crippen molar-refractivity contribution in [2.45, 2.75) is 23.3 Å². The van der Waals surface area contributed by atoms with Crippen molar-refractivity contribution < 1.29 is 54.2 Å². The van der Waals surface area contributed by atoms with Crippen molar-refractivity contribution >= 4 is 22.0 Å². The van der Waals surface area contributed by atoms with Crippen LogP contribution in [0.4, 0.5) is 26.3 Å². The summed E-state index contributed by atoms with van der Waals surface area (Å²) in [6.45, 7) is -0.398. The number of methoxy groups -OCH3 is 1. The van der Waals surface area contributed by atoms with E-state index in [-0.39, 0.29) is 0 Å². The molecule has 0 saturated heterocycles. The average Bonchev–Trinajstić information content (AvgIpc) is 2.58. The molecule has 0 aromatic heterocycles. The standard InChI is InChI=1S/C11H13F3N2O4S.C2HF3O2/c1-20-10(17)9(6-15)16-21(18,19)8-4-2-3-7(5-8)11(12,13)14;3-2(4,5)1(6)7/h2-5,9,16H,6,15H2,1H3;(H,6,7)/t9-;/m0./s1. The van der Waals surface area contributed by atoms with Gasteiger partial charge in [0, 0.05) is 6.54 Å². The number of ether oxygens (including phenoxy) is 1. The molecule has 1 aromatic rings. The van der Waals surface area contributed by atoms with Crippen LogP contribution < -0.4 is 10.5 Å². The Morgan fingerprint density at radius 3 is 2.07 bits per heavy atom. The highest BCUT2D eigenvalue weighted by Gasteiger charge is 2.38. The van der Waals surface area contributed by atoms with Crippen molar-refractivity contribution in [2.75, 3.05) is 13.7 Å². The smallest absolute Gasteiger partial charge is 0.475 e. The Hall–Kier alpha value is -2.39. The first-order valence-electron chi connectivity index (χ1n) is 6.83. The highest BCUT2D eigenvalue weighted by atomic mass is 32.2. The minimum Gasteiger partial charge on any atom is -0.475 e. The lowest BCUT2D eigenvalue weighted by Crippen LogP contribution is -2.46. The topological polar surface area (TPSA) is 136 Å². The van der Waals surface area contributed by atoms with E-state index in [0.29, 0.717) is 6.07 Å². The molecule has 0 unspecified atom stereocenters. The zero-order chi connectivity index (χ0) is 22.3. The van der Waals surface area contributed by atoms with E-state index in [1.54, 1.807) is 0 Å². The van der Waals surface area contributed by atoms with Gasteiger partial charge in [-0.3, -0.25) is 4.79 Å². The molecule has 8 nitrogen and oxygen atoms in total. The van der Waals surface area contributed by atoms with Crippen molar-refractivity contribution in [2.24, 2.45) is 5.73 Å². The van der Waals surface area contributed by atoms with E-state index in [1.807, 2.05) is 4.72 Å². The lowest BCUT2D eigenvalue weighted by molar-refractivity contribution is -0.192. The number of hydrogen-bond acceptors (Lipinski definition) is 6. The summed E-state index contributed by atoms with van der Waals surface area (Å²) >= 11 is 0. The van der Waals surface area contributed by atoms with Gasteiger partial charge in [0.05, 0.1) is 17.6 Å². The third-order valence-corrected chi connectivity index (χ3v) is 4.20. The second-order valence-electron chi connectivity index (χ2n) is 4.76. The molecule has 160 valence electrons. The largest absolute Gasteiger partial charge is 0.490 e. The van der Waals surface area contributed by atoms with E-state index >= 15 is 0 Å². The number of aliphatic carboxylic acids is 1. The lowest BCUT2D eigenvalue weighted by Gasteiger charge is -2.15. The van der Waals surface area contributed by atoms with Crippen molar-refractivity contribution in [3.8, 4) is 0 Å². The van der Waals surface area contributed by atoms with E-state index in [2.05, 4.69) is 4.74 Å². The Balaban J connectivity index is 0.000000887. The Bertz CT molecular complexity index is 793. The van der Waals surface area contributed by atoms with Crippen LogP contribution in [0.2, 0.25) is 0 Å². The first-order valence-corrected chi connectivity index (χ1v) is 8.32. The van der Waals surface area contributed by atoms with Gasteiger partial charge in [-0.15, -0.1) is 0 Å². The van der Waals surface area contributed by atoms with Crippen LogP contribution in [0.25, 0.3) is 0 Å². The minimum atomic E-state index is -5.08. The molecular weight excluding hydrogens is 426 g/mol. The van der Waals surface area contributed by atoms with Crippen LogP contribution in [0.15, 0.2) is 29.2 Å². The maximum Gasteiger partial charge on any atom is 0.490 e. The second kappa shape index (κ2) is 9.70. The molecule has 0 bridgehead atoms. The van der Waals surface area contributed by atoms with Gasteiger partial charge in [-0.2, -0.15) is 31.1 Å². The van der Waals surface area contributed by atoms with Gasteiger partial charge in [-0.25, -0.2) is 13.2 Å². The summed E-state index contributed by atoms with van der Waals surface area (Å²) in [4.78, 5) is 19.5. The highest BCUT2D eigenvalue weighted by molar-refractivity contribution is 7.89. The number of halogens is 6. The molecule has 1 aromatic carbocycles. The third-order valence-electron chi connectivity index (χ3n) is 2.73. The number of nitrogens with one attached hydrogen (secondary N) is 1. The van der Waals surface area contributed by atoms with Crippen molar-refractivity contribution in [3.63, 3.8) is 0 Å². The van der Waals surface area contributed by atoms with Crippen LogP contribution in [-0.2, 0) is 30.5 Å². The van der Waals surface area contributed by atoms with Gasteiger partial charge in [-0.1, -0.05) is 6.07 Å². The Morgan fingerprint density at radius 1 is 1.21 bits per heavy atom. The fourth-order valence-corrected chi connectivity index (χ4v) is 2.67. The van der Waals surface area contributed by atoms with Gasteiger partial charge < -0.3 is 15.6 Å². The predicted octanol–water partition coefficient (Wildman–Crippen LogP) is 1.12. The number of carbonyl (C=O) groups is 2. The van der Waals surface area contributed by atoms with Gasteiger partial charge >= 0.3 is 24.3 Å². The monoisotopic (exact) mass is 440 g/mol. The molecule has 0 spiro atoms. The number of rotatable bonds is 5. The summed E-state index contributed by atoms with van der Waals surface area (Å²) in [6, 6.07) is 1.75. The molecule has 0 aliphatic carbocycles. The number of carboxylic acid groups (broad SMARTS) is 1. The average molecular weight is 440 g/mol. The van der Waals surface area contributed by atoms with Crippen LogP contribution >= 0.6 is 0 Å². The summed E-state index contributed by atoms with van der Waals surface area (Å²) in [5, 5.41) is 7.12. The van der Waals surface area contributed by atoms with Crippen molar-refractivity contribution in [1.29, 1.82) is 0 Å². The second-order valence-corrected chi connectivity index (χ2v) is 6.48. The molecule has 0 amide bonds. The quantitative estimate of drug-likeness (QED) is 0.461. The first kappa shape index (κ1) is 25.6. The van der Waals surface area contributed by atoms with Crippen LogP contribution in [0.1, 0.15) is 5.56 Å². The number of sulfonamides is 1. The summed E-state index contributed by atoms with van der Waals surface area (Å²) in [7, 11) is -3.31. The van der Waals surface area contributed by atoms with Crippen LogP contribution in [-0.4, -0.2) is 51.3 Å². The molecule has 28 heavy (non-hydrogen) atoms. The number of carboxylic acids is 1. The maximum atomic E-state index is 12.6. The lowest BCUT2D eigenvalue weighted by atomic mass is 10.2. The highest BCUT2D eigenvalue weighted by Crippen LogP contribution is 2.30. The van der Waals surface area contributed by atoms with Gasteiger partial charge in [0.25, 0.3) is 0 Å². The zero-order valence-corrected chi connectivity index (χ0v) is 14.7. The van der Waals surface area contributed by atoms with Crippen molar-refractivity contribution in [1.82, 2.24) is 4.72 Å². The fraction of sp³-hybridized carbons (Fsp3) is 0.385. The zero-order valence-electron chi connectivity index (χ0n) is 13.8. The Kier molecular flexibility index (Phi) is 8.87. The number of hydrogen-bond donors (Lipinski definition) is 3. The van der Waals surface area contributed by atoms with Gasteiger partial charge in [0.15, 0.2) is 0 Å². The van der Waals surface area contributed by atoms with Crippen LogP contribution in [0, 0.1) is 0 Å². The number of nitrogens with two attached hydrogens (primary N) is 1. The number of carbonyl (C=O) groups excluding carboxylic acids is 1. The molecular formula is C13H14F6N2O6S. The van der Waals surface area contributed by atoms with E-state index in [0.717, 1.165) is 25.3 Å². The van der Waals surface area contributed by atoms with Gasteiger partial charge in [0.2, 0.25) is 10.0 Å². The molecule has 0 fully saturated rings. The first-order chi connectivity index (χ1) is 12.6. The number of alkyl halides is 6. The molecule has 0 aliphatic heterocycles. The molecule has 0 saturated carbocycles. The SMILES string of the molecule is COC(=O)[C@H](CN)NS(=O)(=O)c1cccc(C(F)(F)F)c1.O=C(O)C(F)(F)F. The van der Waals surface area contributed by atoms with Crippen molar-refractivity contribution in [3.05, 3.63) is 29.8 Å². The predicted molar refractivity (Wildman–Crippen MR) is 80.3 cm³/mol. The van der Waals surface area contributed by atoms with Crippen LogP contribution in [0.5, 0.6) is 0 Å². The molecule has 0 heterocycles. The Labute approximate surface area is 154 Å². The van der Waals surface area contributed by atoms with Crippen LogP contribution in [0.3, 0.4) is 0 Å². The van der Waals surface area contributed by atoms with Gasteiger partial charge in [-0.05, 0) is 18.2 Å².